The maximum atomic E-state index is 5.97. The summed E-state index contributed by atoms with van der Waals surface area (Å²) in [5.41, 5.74) is 4.27. The van der Waals surface area contributed by atoms with Gasteiger partial charge in [0.15, 0.2) is 0 Å². The monoisotopic (exact) mass is 323 g/mol. The van der Waals surface area contributed by atoms with Crippen molar-refractivity contribution in [3.8, 4) is 5.75 Å². The van der Waals surface area contributed by atoms with Crippen molar-refractivity contribution in [3.63, 3.8) is 0 Å². The quantitative estimate of drug-likeness (QED) is 0.713. The second kappa shape index (κ2) is 6.96. The van der Waals surface area contributed by atoms with E-state index in [0.29, 0.717) is 17.9 Å². The van der Waals surface area contributed by atoms with Crippen molar-refractivity contribution in [2.45, 2.75) is 59.5 Å². The molecule has 1 aliphatic carbocycles. The van der Waals surface area contributed by atoms with Crippen molar-refractivity contribution in [3.05, 3.63) is 59.4 Å². The molecule has 2 nitrogen and oxygen atoms in total. The van der Waals surface area contributed by atoms with Gasteiger partial charge in [0.1, 0.15) is 12.4 Å². The molecule has 0 bridgehead atoms. The standard InChI is InChI=1S/C22H29NO/c1-5-16-9-10-17-14-19(24-15-18-8-6-7-13-23-18)11-12-20(17)21(16)22(2,3)4/h6-8,11-14,16,21H,5,9-10,15H2,1-4H3. The molecule has 1 aromatic carbocycles. The number of aromatic nitrogens is 1. The minimum absolute atomic E-state index is 0.298. The third kappa shape index (κ3) is 3.63. The molecule has 1 heterocycles. The van der Waals surface area contributed by atoms with E-state index < -0.39 is 0 Å². The van der Waals surface area contributed by atoms with Crippen molar-refractivity contribution in [2.75, 3.05) is 0 Å². The molecule has 0 spiro atoms. The van der Waals surface area contributed by atoms with Crippen LogP contribution in [0, 0.1) is 11.3 Å². The first-order valence-electron chi connectivity index (χ1n) is 9.14. The highest BCUT2D eigenvalue weighted by molar-refractivity contribution is 5.40. The SMILES string of the molecule is CCC1CCc2cc(OCc3ccccn3)ccc2C1C(C)(C)C. The van der Waals surface area contributed by atoms with Gasteiger partial charge in [-0.1, -0.05) is 46.2 Å². The lowest BCUT2D eigenvalue weighted by Crippen LogP contribution is -2.30. The van der Waals surface area contributed by atoms with Crippen LogP contribution in [0.4, 0.5) is 0 Å². The third-order valence-corrected chi connectivity index (χ3v) is 5.28. The highest BCUT2D eigenvalue weighted by Crippen LogP contribution is 2.48. The fraction of sp³-hybridized carbons (Fsp3) is 0.500. The van der Waals surface area contributed by atoms with Gasteiger partial charge in [-0.25, -0.2) is 0 Å². The van der Waals surface area contributed by atoms with E-state index >= 15 is 0 Å². The van der Waals surface area contributed by atoms with Crippen molar-refractivity contribution in [2.24, 2.45) is 11.3 Å². The topological polar surface area (TPSA) is 22.1 Å². The molecule has 2 atom stereocenters. The van der Waals surface area contributed by atoms with Crippen LogP contribution in [0.5, 0.6) is 5.75 Å². The Balaban J connectivity index is 1.81. The van der Waals surface area contributed by atoms with Gasteiger partial charge in [0, 0.05) is 6.20 Å². The second-order valence-corrected chi connectivity index (χ2v) is 8.02. The minimum atomic E-state index is 0.298. The zero-order chi connectivity index (χ0) is 17.2. The lowest BCUT2D eigenvalue weighted by atomic mass is 9.63. The lowest BCUT2D eigenvalue weighted by Gasteiger charge is -2.41. The summed E-state index contributed by atoms with van der Waals surface area (Å²) in [5.74, 6) is 2.39. The van der Waals surface area contributed by atoms with Crippen LogP contribution in [0.25, 0.3) is 0 Å². The number of fused-ring (bicyclic) bond motifs is 1. The molecule has 0 aliphatic heterocycles. The summed E-state index contributed by atoms with van der Waals surface area (Å²) in [4.78, 5) is 4.32. The average molecular weight is 323 g/mol. The van der Waals surface area contributed by atoms with Crippen molar-refractivity contribution < 1.29 is 4.74 Å². The Morgan fingerprint density at radius 1 is 1.17 bits per heavy atom. The van der Waals surface area contributed by atoms with Crippen LogP contribution in [0.15, 0.2) is 42.6 Å². The number of benzene rings is 1. The van der Waals surface area contributed by atoms with E-state index in [2.05, 4.69) is 50.9 Å². The summed E-state index contributed by atoms with van der Waals surface area (Å²) in [5, 5.41) is 0. The first-order valence-corrected chi connectivity index (χ1v) is 9.14. The van der Waals surface area contributed by atoms with Crippen LogP contribution in [-0.2, 0) is 13.0 Å². The second-order valence-electron chi connectivity index (χ2n) is 8.02. The fourth-order valence-corrected chi connectivity index (χ4v) is 4.21. The molecule has 128 valence electrons. The van der Waals surface area contributed by atoms with E-state index in [1.54, 1.807) is 0 Å². The molecule has 0 saturated heterocycles. The molecule has 2 heteroatoms. The fourth-order valence-electron chi connectivity index (χ4n) is 4.21. The molecule has 3 rings (SSSR count). The Morgan fingerprint density at radius 2 is 2.00 bits per heavy atom. The predicted molar refractivity (Wildman–Crippen MR) is 99.3 cm³/mol. The molecule has 1 aliphatic rings. The normalized spacial score (nSPS) is 20.5. The number of nitrogens with zero attached hydrogens (tertiary/aromatic N) is 1. The molecule has 0 amide bonds. The Labute approximate surface area is 146 Å². The number of pyridine rings is 1. The maximum absolute atomic E-state index is 5.97. The Kier molecular flexibility index (Phi) is 4.93. The maximum Gasteiger partial charge on any atom is 0.130 e. The van der Waals surface area contributed by atoms with E-state index in [1.807, 2.05) is 24.4 Å². The number of rotatable bonds is 4. The largest absolute Gasteiger partial charge is 0.487 e. The van der Waals surface area contributed by atoms with E-state index in [4.69, 9.17) is 4.74 Å². The molecule has 24 heavy (non-hydrogen) atoms. The van der Waals surface area contributed by atoms with Gasteiger partial charge in [-0.2, -0.15) is 0 Å². The summed E-state index contributed by atoms with van der Waals surface area (Å²) in [6.45, 7) is 9.99. The predicted octanol–water partition coefficient (Wildman–Crippen LogP) is 5.76. The smallest absolute Gasteiger partial charge is 0.130 e. The Hall–Kier alpha value is -1.83. The van der Waals surface area contributed by atoms with E-state index in [0.717, 1.165) is 17.4 Å². The zero-order valence-electron chi connectivity index (χ0n) is 15.4. The number of hydrogen-bond donors (Lipinski definition) is 0. The van der Waals surface area contributed by atoms with E-state index in [-0.39, 0.29) is 0 Å². The highest BCUT2D eigenvalue weighted by atomic mass is 16.5. The van der Waals surface area contributed by atoms with Gasteiger partial charge >= 0.3 is 0 Å². The van der Waals surface area contributed by atoms with Gasteiger partial charge in [-0.05, 0) is 65.5 Å². The zero-order valence-corrected chi connectivity index (χ0v) is 15.4. The number of hydrogen-bond acceptors (Lipinski definition) is 2. The summed E-state index contributed by atoms with van der Waals surface area (Å²) in [6, 6.07) is 12.6. The number of aryl methyl sites for hydroxylation is 1. The van der Waals surface area contributed by atoms with E-state index in [9.17, 15) is 0 Å². The van der Waals surface area contributed by atoms with Crippen LogP contribution in [0.1, 0.15) is 63.3 Å². The molecule has 0 fully saturated rings. The van der Waals surface area contributed by atoms with Crippen LogP contribution < -0.4 is 4.74 Å². The Morgan fingerprint density at radius 3 is 2.67 bits per heavy atom. The molecule has 2 unspecified atom stereocenters. The number of ether oxygens (including phenoxy) is 1. The molecule has 0 N–H and O–H groups in total. The summed E-state index contributed by atoms with van der Waals surface area (Å²) >= 11 is 0. The molecule has 0 radical (unpaired) electrons. The minimum Gasteiger partial charge on any atom is -0.487 e. The van der Waals surface area contributed by atoms with Crippen LogP contribution >= 0.6 is 0 Å². The van der Waals surface area contributed by atoms with Crippen LogP contribution in [0.3, 0.4) is 0 Å². The first kappa shape index (κ1) is 17.0. The van der Waals surface area contributed by atoms with Gasteiger partial charge in [0.25, 0.3) is 0 Å². The summed E-state index contributed by atoms with van der Waals surface area (Å²) in [7, 11) is 0. The van der Waals surface area contributed by atoms with Gasteiger partial charge in [-0.3, -0.25) is 4.98 Å². The summed E-state index contributed by atoms with van der Waals surface area (Å²) in [6.07, 6.45) is 5.53. The van der Waals surface area contributed by atoms with Crippen molar-refractivity contribution >= 4 is 0 Å². The van der Waals surface area contributed by atoms with Crippen molar-refractivity contribution in [1.82, 2.24) is 4.98 Å². The molecular formula is C22H29NO. The van der Waals surface area contributed by atoms with Gasteiger partial charge in [0.05, 0.1) is 5.69 Å². The van der Waals surface area contributed by atoms with Gasteiger partial charge in [0.2, 0.25) is 0 Å². The first-order chi connectivity index (χ1) is 11.5. The Bertz CT molecular complexity index is 672. The molecule has 2 aromatic rings. The summed E-state index contributed by atoms with van der Waals surface area (Å²) < 4.78 is 5.97. The molecule has 0 saturated carbocycles. The van der Waals surface area contributed by atoms with Crippen molar-refractivity contribution in [1.29, 1.82) is 0 Å². The molecular weight excluding hydrogens is 294 g/mol. The van der Waals surface area contributed by atoms with Crippen LogP contribution in [-0.4, -0.2) is 4.98 Å². The van der Waals surface area contributed by atoms with Gasteiger partial charge < -0.3 is 4.74 Å². The van der Waals surface area contributed by atoms with Gasteiger partial charge in [-0.15, -0.1) is 0 Å². The third-order valence-electron chi connectivity index (χ3n) is 5.28. The molecule has 1 aromatic heterocycles. The van der Waals surface area contributed by atoms with Crippen LogP contribution in [0.2, 0.25) is 0 Å². The lowest BCUT2D eigenvalue weighted by molar-refractivity contribution is 0.206. The van der Waals surface area contributed by atoms with E-state index in [1.165, 1.54) is 30.4 Å². The average Bonchev–Trinajstić information content (AvgIpc) is 2.58. The highest BCUT2D eigenvalue weighted by Gasteiger charge is 2.36.